The van der Waals surface area contributed by atoms with Crippen LogP contribution in [0.1, 0.15) is 18.1 Å². The van der Waals surface area contributed by atoms with Gasteiger partial charge in [-0.25, -0.2) is 0 Å². The summed E-state index contributed by atoms with van der Waals surface area (Å²) in [5, 5.41) is 24.4. The van der Waals surface area contributed by atoms with Crippen LogP contribution in [0.5, 0.6) is 5.75 Å². The number of hydrogen-bond acceptors (Lipinski definition) is 5. The molecule has 2 aromatic rings. The lowest BCUT2D eigenvalue weighted by Crippen LogP contribution is -2.50. The summed E-state index contributed by atoms with van der Waals surface area (Å²) < 4.78 is 5.10. The topological polar surface area (TPSA) is 108 Å². The smallest absolute Gasteiger partial charge is 0.475 e. The van der Waals surface area contributed by atoms with Crippen LogP contribution in [-0.4, -0.2) is 42.0 Å². The summed E-state index contributed by atoms with van der Waals surface area (Å²) in [5.74, 6) is -2.47. The first-order valence-electron chi connectivity index (χ1n) is 8.97. The average Bonchev–Trinajstić information content (AvgIpc) is 2.68. The zero-order valence-corrected chi connectivity index (χ0v) is 16.2. The maximum atomic E-state index is 12.4. The molecule has 4 N–H and O–H groups in total. The van der Waals surface area contributed by atoms with Gasteiger partial charge in [-0.1, -0.05) is 35.9 Å². The summed E-state index contributed by atoms with van der Waals surface area (Å²) in [6.07, 6.45) is 0.230. The number of methoxy groups -OCH3 is 1. The third-order valence-corrected chi connectivity index (χ3v) is 4.39. The number of aryl methyl sites for hydroxylation is 1. The summed E-state index contributed by atoms with van der Waals surface area (Å²) in [4.78, 5) is 24.8. The maximum absolute atomic E-state index is 12.4. The van der Waals surface area contributed by atoms with E-state index in [2.05, 4.69) is 10.6 Å². The lowest BCUT2D eigenvalue weighted by Gasteiger charge is -2.20. The third kappa shape index (κ3) is 6.11. The van der Waals surface area contributed by atoms with E-state index in [9.17, 15) is 19.6 Å². The van der Waals surface area contributed by atoms with Crippen LogP contribution in [-0.2, 0) is 16.0 Å². The number of carbonyl (C=O) groups is 2. The summed E-state index contributed by atoms with van der Waals surface area (Å²) in [5.41, 5.74) is 2.43. The number of ether oxygens (including phenoxy) is 1. The molecule has 0 aliphatic heterocycles. The Kier molecular flexibility index (Phi) is 7.60. The van der Waals surface area contributed by atoms with Gasteiger partial charge in [-0.05, 0) is 38.0 Å². The minimum absolute atomic E-state index is 0.230. The second-order valence-electron chi connectivity index (χ2n) is 6.66. The van der Waals surface area contributed by atoms with E-state index in [0.29, 0.717) is 11.4 Å². The van der Waals surface area contributed by atoms with E-state index in [4.69, 9.17) is 4.74 Å². The molecular formula is C20H25BN2O5. The van der Waals surface area contributed by atoms with Gasteiger partial charge < -0.3 is 25.4 Å². The number of carbonyl (C=O) groups excluding carboxylic acids is 2. The highest BCUT2D eigenvalue weighted by molar-refractivity contribution is 6.43. The molecule has 2 amide bonds. The minimum atomic E-state index is -1.75. The molecule has 0 saturated carbocycles. The Morgan fingerprint density at radius 1 is 1.11 bits per heavy atom. The zero-order chi connectivity index (χ0) is 20.7. The van der Waals surface area contributed by atoms with E-state index in [1.165, 1.54) is 14.0 Å². The predicted molar refractivity (Wildman–Crippen MR) is 108 cm³/mol. The number of hydrogen-bond donors (Lipinski definition) is 4. The van der Waals surface area contributed by atoms with Crippen molar-refractivity contribution in [2.75, 3.05) is 12.4 Å². The molecule has 0 aliphatic carbocycles. The molecule has 2 rings (SSSR count). The highest BCUT2D eigenvalue weighted by Gasteiger charge is 2.29. The highest BCUT2D eigenvalue weighted by atomic mass is 16.5. The largest absolute Gasteiger partial charge is 0.497 e. The van der Waals surface area contributed by atoms with Crippen molar-refractivity contribution in [3.8, 4) is 5.75 Å². The number of rotatable bonds is 8. The molecule has 0 fully saturated rings. The Morgan fingerprint density at radius 2 is 1.79 bits per heavy atom. The molecule has 8 heteroatoms. The van der Waals surface area contributed by atoms with Crippen molar-refractivity contribution >= 4 is 24.6 Å². The van der Waals surface area contributed by atoms with Crippen LogP contribution in [0, 0.1) is 12.8 Å². The van der Waals surface area contributed by atoms with Gasteiger partial charge in [0, 0.05) is 11.8 Å². The Hall–Kier alpha value is -2.84. The monoisotopic (exact) mass is 384 g/mol. The average molecular weight is 384 g/mol. The second-order valence-corrected chi connectivity index (χ2v) is 6.66. The normalized spacial score (nSPS) is 12.6. The Balaban J connectivity index is 1.99. The first-order chi connectivity index (χ1) is 13.3. The minimum Gasteiger partial charge on any atom is -0.497 e. The van der Waals surface area contributed by atoms with Gasteiger partial charge in [0.25, 0.3) is 0 Å². The second kappa shape index (κ2) is 9.91. The number of anilines is 1. The van der Waals surface area contributed by atoms with Crippen LogP contribution in [0.2, 0.25) is 0 Å². The fraction of sp³-hybridized carbons (Fsp3) is 0.300. The summed E-state index contributed by atoms with van der Waals surface area (Å²) >= 11 is 0. The van der Waals surface area contributed by atoms with E-state index in [1.54, 1.807) is 24.3 Å². The quantitative estimate of drug-likeness (QED) is 0.406. The van der Waals surface area contributed by atoms with Crippen molar-refractivity contribution in [2.24, 2.45) is 5.92 Å². The standard InChI is InChI=1S/C20H25BN2O5/c1-13-7-9-15(10-8-13)11-18(21(26)27)23-20(25)14(2)19(24)22-16-5-4-6-17(12-16)28-3/h4-10,12,14,18,26-27H,11H2,1-3H3,(H,22,24)(H,23,25). The summed E-state index contributed by atoms with van der Waals surface area (Å²) in [7, 11) is -0.232. The van der Waals surface area contributed by atoms with E-state index in [0.717, 1.165) is 11.1 Å². The van der Waals surface area contributed by atoms with Crippen molar-refractivity contribution in [3.05, 3.63) is 59.7 Å². The van der Waals surface area contributed by atoms with Crippen molar-refractivity contribution < 1.29 is 24.4 Å². The summed E-state index contributed by atoms with van der Waals surface area (Å²) in [6, 6.07) is 14.3. The van der Waals surface area contributed by atoms with Crippen molar-refractivity contribution in [1.82, 2.24) is 5.32 Å². The lowest BCUT2D eigenvalue weighted by molar-refractivity contribution is -0.132. The van der Waals surface area contributed by atoms with Crippen molar-refractivity contribution in [2.45, 2.75) is 26.2 Å². The molecule has 0 radical (unpaired) electrons. The fourth-order valence-electron chi connectivity index (χ4n) is 2.59. The highest BCUT2D eigenvalue weighted by Crippen LogP contribution is 2.17. The SMILES string of the molecule is COc1cccc(NC(=O)C(C)C(=O)NC(Cc2ccc(C)cc2)B(O)O)c1. The number of amides is 2. The molecule has 28 heavy (non-hydrogen) atoms. The summed E-state index contributed by atoms with van der Waals surface area (Å²) in [6.45, 7) is 3.41. The molecule has 2 atom stereocenters. The molecule has 2 unspecified atom stereocenters. The molecule has 148 valence electrons. The van der Waals surface area contributed by atoms with Gasteiger partial charge in [-0.15, -0.1) is 0 Å². The molecule has 0 bridgehead atoms. The van der Waals surface area contributed by atoms with Crippen LogP contribution in [0.25, 0.3) is 0 Å². The van der Waals surface area contributed by atoms with Crippen LogP contribution in [0.15, 0.2) is 48.5 Å². The molecule has 0 heterocycles. The molecule has 0 spiro atoms. The van der Waals surface area contributed by atoms with Gasteiger partial charge >= 0.3 is 7.12 Å². The Bertz CT molecular complexity index is 810. The molecule has 7 nitrogen and oxygen atoms in total. The van der Waals surface area contributed by atoms with Gasteiger partial charge in [0.2, 0.25) is 11.8 Å². The van der Waals surface area contributed by atoms with E-state index >= 15 is 0 Å². The van der Waals surface area contributed by atoms with Gasteiger partial charge in [0.1, 0.15) is 11.7 Å². The van der Waals surface area contributed by atoms with Crippen LogP contribution < -0.4 is 15.4 Å². The van der Waals surface area contributed by atoms with E-state index in [-0.39, 0.29) is 6.42 Å². The van der Waals surface area contributed by atoms with Gasteiger partial charge in [0.15, 0.2) is 0 Å². The molecule has 0 saturated heterocycles. The number of nitrogens with one attached hydrogen (secondary N) is 2. The first kappa shape index (κ1) is 21.5. The van der Waals surface area contributed by atoms with Gasteiger partial charge in [-0.2, -0.15) is 0 Å². The third-order valence-electron chi connectivity index (χ3n) is 4.39. The van der Waals surface area contributed by atoms with Crippen molar-refractivity contribution in [1.29, 1.82) is 0 Å². The first-order valence-corrected chi connectivity index (χ1v) is 8.97. The fourth-order valence-corrected chi connectivity index (χ4v) is 2.59. The number of benzene rings is 2. The lowest BCUT2D eigenvalue weighted by atomic mass is 9.75. The van der Waals surface area contributed by atoms with Gasteiger partial charge in [-0.3, -0.25) is 9.59 Å². The zero-order valence-electron chi connectivity index (χ0n) is 16.2. The van der Waals surface area contributed by atoms with Gasteiger partial charge in [0.05, 0.1) is 13.1 Å². The molecular weight excluding hydrogens is 359 g/mol. The predicted octanol–water partition coefficient (Wildman–Crippen LogP) is 1.32. The molecule has 0 aromatic heterocycles. The van der Waals surface area contributed by atoms with Crippen LogP contribution >= 0.6 is 0 Å². The van der Waals surface area contributed by atoms with Crippen LogP contribution in [0.3, 0.4) is 0 Å². The van der Waals surface area contributed by atoms with E-state index in [1.807, 2.05) is 31.2 Å². The van der Waals surface area contributed by atoms with E-state index < -0.39 is 30.8 Å². The van der Waals surface area contributed by atoms with Crippen LogP contribution in [0.4, 0.5) is 5.69 Å². The maximum Gasteiger partial charge on any atom is 0.475 e. The van der Waals surface area contributed by atoms with Crippen molar-refractivity contribution in [3.63, 3.8) is 0 Å². The Labute approximate surface area is 164 Å². The molecule has 0 aliphatic rings. The molecule has 2 aromatic carbocycles. The Morgan fingerprint density at radius 3 is 2.39 bits per heavy atom.